The van der Waals surface area contributed by atoms with E-state index in [0.717, 1.165) is 25.8 Å². The highest BCUT2D eigenvalue weighted by molar-refractivity contribution is 5.71. The minimum atomic E-state index is -0.716. The first-order valence-electron chi connectivity index (χ1n) is 8.43. The van der Waals surface area contributed by atoms with E-state index in [0.29, 0.717) is 31.1 Å². The Morgan fingerprint density at radius 3 is 2.19 bits per heavy atom. The maximum Gasteiger partial charge on any atom is 0.310 e. The Balaban J connectivity index is 2.90. The van der Waals surface area contributed by atoms with Crippen molar-refractivity contribution in [2.75, 3.05) is 19.8 Å². The van der Waals surface area contributed by atoms with Crippen LogP contribution in [0.1, 0.15) is 53.9 Å². The number of nitrogens with zero attached hydrogens (tertiary/aromatic N) is 1. The lowest BCUT2D eigenvalue weighted by Gasteiger charge is -2.39. The van der Waals surface area contributed by atoms with E-state index in [4.69, 9.17) is 4.74 Å². The van der Waals surface area contributed by atoms with E-state index in [1.165, 1.54) is 0 Å². The number of rotatable bonds is 9. The summed E-state index contributed by atoms with van der Waals surface area (Å²) in [4.78, 5) is 13.9. The summed E-state index contributed by atoms with van der Waals surface area (Å²) in [6.45, 7) is 13.0. The highest BCUT2D eigenvalue weighted by Crippen LogP contribution is 2.28. The number of hydrogen-bond acceptors (Lipinski definition) is 3. The Hall–Kier alpha value is -0.610. The third kappa shape index (κ3) is 5.59. The second kappa shape index (κ2) is 8.74. The topological polar surface area (TPSA) is 49.8 Å². The molecule has 0 aromatic heterocycles. The molecule has 2 atom stereocenters. The second-order valence-electron chi connectivity index (χ2n) is 7.20. The summed E-state index contributed by atoms with van der Waals surface area (Å²) in [6.07, 6.45) is 3.30. The van der Waals surface area contributed by atoms with E-state index < -0.39 is 5.97 Å². The molecule has 1 heterocycles. The molecule has 0 spiro atoms. The van der Waals surface area contributed by atoms with Gasteiger partial charge in [-0.2, -0.15) is 0 Å². The summed E-state index contributed by atoms with van der Waals surface area (Å²) in [6, 6.07) is 0.489. The van der Waals surface area contributed by atoms with E-state index in [-0.39, 0.29) is 12.0 Å². The van der Waals surface area contributed by atoms with Gasteiger partial charge in [0.1, 0.15) is 0 Å². The van der Waals surface area contributed by atoms with Crippen molar-refractivity contribution >= 4 is 5.97 Å². The molecule has 1 aliphatic rings. The molecule has 21 heavy (non-hydrogen) atoms. The van der Waals surface area contributed by atoms with Crippen LogP contribution in [0.5, 0.6) is 0 Å². The number of hydrogen-bond donors (Lipinski definition) is 1. The van der Waals surface area contributed by atoms with Crippen molar-refractivity contribution < 1.29 is 14.6 Å². The minimum absolute atomic E-state index is 0.0324. The van der Waals surface area contributed by atoms with Crippen LogP contribution in [0, 0.1) is 17.8 Å². The van der Waals surface area contributed by atoms with Crippen LogP contribution in [0.15, 0.2) is 0 Å². The summed E-state index contributed by atoms with van der Waals surface area (Å²) in [7, 11) is 0. The Bertz CT molecular complexity index is 307. The molecule has 1 saturated heterocycles. The van der Waals surface area contributed by atoms with Gasteiger partial charge in [-0.05, 0) is 37.6 Å². The van der Waals surface area contributed by atoms with Gasteiger partial charge in [0.25, 0.3) is 0 Å². The fraction of sp³-hybridized carbons (Fsp3) is 0.941. The van der Waals surface area contributed by atoms with Gasteiger partial charge in [0.2, 0.25) is 0 Å². The summed E-state index contributed by atoms with van der Waals surface area (Å²) >= 11 is 0. The van der Waals surface area contributed by atoms with E-state index in [1.807, 2.05) is 0 Å². The zero-order valence-electron chi connectivity index (χ0n) is 14.3. The number of carboxylic acid groups (broad SMARTS) is 1. The van der Waals surface area contributed by atoms with Gasteiger partial charge in [-0.3, -0.25) is 9.69 Å². The molecule has 4 nitrogen and oxygen atoms in total. The smallest absolute Gasteiger partial charge is 0.310 e. The van der Waals surface area contributed by atoms with Gasteiger partial charge in [0, 0.05) is 12.1 Å². The first-order chi connectivity index (χ1) is 9.86. The summed E-state index contributed by atoms with van der Waals surface area (Å²) in [5, 5.41) is 9.44. The maximum atomic E-state index is 11.5. The standard InChI is InChI=1S/C17H33NO3/c1-6-7-18(14(8-12(2)3)9-13(4)5)16-11-21-10-15(16)17(19)20/h12-16H,6-11H2,1-5H3,(H,19,20). The van der Waals surface area contributed by atoms with Crippen molar-refractivity contribution in [3.63, 3.8) is 0 Å². The molecule has 1 fully saturated rings. The molecular weight excluding hydrogens is 266 g/mol. The quantitative estimate of drug-likeness (QED) is 0.710. The van der Waals surface area contributed by atoms with Crippen LogP contribution in [0.4, 0.5) is 0 Å². The molecule has 0 radical (unpaired) electrons. The number of aliphatic carboxylic acids is 1. The second-order valence-corrected chi connectivity index (χ2v) is 7.20. The van der Waals surface area contributed by atoms with E-state index in [1.54, 1.807) is 0 Å². The molecule has 0 aromatic carbocycles. The molecule has 1 N–H and O–H groups in total. The van der Waals surface area contributed by atoms with Crippen molar-refractivity contribution in [2.45, 2.75) is 66.0 Å². The Labute approximate surface area is 129 Å². The zero-order chi connectivity index (χ0) is 16.0. The monoisotopic (exact) mass is 299 g/mol. The first kappa shape index (κ1) is 18.4. The molecule has 2 unspecified atom stereocenters. The van der Waals surface area contributed by atoms with E-state index in [9.17, 15) is 9.90 Å². The molecule has 4 heteroatoms. The third-order valence-corrected chi connectivity index (χ3v) is 4.23. The van der Waals surface area contributed by atoms with Crippen LogP contribution >= 0.6 is 0 Å². The van der Waals surface area contributed by atoms with Gasteiger partial charge in [0.15, 0.2) is 0 Å². The number of carboxylic acids is 1. The average Bonchev–Trinajstić information content (AvgIpc) is 2.82. The van der Waals surface area contributed by atoms with E-state index >= 15 is 0 Å². The predicted octanol–water partition coefficient (Wildman–Crippen LogP) is 3.26. The highest BCUT2D eigenvalue weighted by atomic mass is 16.5. The van der Waals surface area contributed by atoms with Crippen LogP contribution < -0.4 is 0 Å². The van der Waals surface area contributed by atoms with Crippen LogP contribution in [-0.4, -0.2) is 47.8 Å². The SMILES string of the molecule is CCCN(C(CC(C)C)CC(C)C)C1COCC1C(=O)O. The zero-order valence-corrected chi connectivity index (χ0v) is 14.3. The molecule has 124 valence electrons. The molecule has 0 aliphatic carbocycles. The summed E-state index contributed by atoms with van der Waals surface area (Å²) in [5.74, 6) is 0.155. The van der Waals surface area contributed by atoms with Crippen LogP contribution in [0.3, 0.4) is 0 Å². The largest absolute Gasteiger partial charge is 0.481 e. The highest BCUT2D eigenvalue weighted by Gasteiger charge is 2.40. The Morgan fingerprint density at radius 1 is 1.19 bits per heavy atom. The lowest BCUT2D eigenvalue weighted by atomic mass is 9.91. The lowest BCUT2D eigenvalue weighted by Crippen LogP contribution is -2.49. The summed E-state index contributed by atoms with van der Waals surface area (Å²) in [5.41, 5.74) is 0. The van der Waals surface area contributed by atoms with Gasteiger partial charge in [0.05, 0.1) is 19.1 Å². The average molecular weight is 299 g/mol. The van der Waals surface area contributed by atoms with Gasteiger partial charge >= 0.3 is 5.97 Å². The predicted molar refractivity (Wildman–Crippen MR) is 85.4 cm³/mol. The Kier molecular flexibility index (Phi) is 7.67. The van der Waals surface area contributed by atoms with Gasteiger partial charge in [-0.1, -0.05) is 34.6 Å². The first-order valence-corrected chi connectivity index (χ1v) is 8.43. The van der Waals surface area contributed by atoms with Gasteiger partial charge in [-0.15, -0.1) is 0 Å². The maximum absolute atomic E-state index is 11.5. The molecule has 0 saturated carbocycles. The summed E-state index contributed by atoms with van der Waals surface area (Å²) < 4.78 is 5.50. The minimum Gasteiger partial charge on any atom is -0.481 e. The van der Waals surface area contributed by atoms with Crippen molar-refractivity contribution in [3.8, 4) is 0 Å². The number of ether oxygens (including phenoxy) is 1. The fourth-order valence-corrected chi connectivity index (χ4v) is 3.44. The normalized spacial score (nSPS) is 22.9. The van der Waals surface area contributed by atoms with Crippen LogP contribution in [-0.2, 0) is 9.53 Å². The van der Waals surface area contributed by atoms with Crippen molar-refractivity contribution in [3.05, 3.63) is 0 Å². The van der Waals surface area contributed by atoms with Crippen molar-refractivity contribution in [1.82, 2.24) is 4.90 Å². The third-order valence-electron chi connectivity index (χ3n) is 4.23. The molecule has 1 rings (SSSR count). The van der Waals surface area contributed by atoms with Crippen molar-refractivity contribution in [2.24, 2.45) is 17.8 Å². The van der Waals surface area contributed by atoms with Gasteiger partial charge in [-0.25, -0.2) is 0 Å². The van der Waals surface area contributed by atoms with Crippen molar-refractivity contribution in [1.29, 1.82) is 0 Å². The Morgan fingerprint density at radius 2 is 1.76 bits per heavy atom. The van der Waals surface area contributed by atoms with Crippen LogP contribution in [0.25, 0.3) is 0 Å². The van der Waals surface area contributed by atoms with Gasteiger partial charge < -0.3 is 9.84 Å². The van der Waals surface area contributed by atoms with E-state index in [2.05, 4.69) is 39.5 Å². The van der Waals surface area contributed by atoms with Crippen LogP contribution in [0.2, 0.25) is 0 Å². The number of carbonyl (C=O) groups is 1. The molecule has 0 bridgehead atoms. The molecule has 1 aliphatic heterocycles. The molecule has 0 amide bonds. The fourth-order valence-electron chi connectivity index (χ4n) is 3.44. The lowest BCUT2D eigenvalue weighted by molar-refractivity contribution is -0.143. The molecular formula is C17H33NO3. The molecule has 0 aromatic rings.